The molecule has 2 atom stereocenters. The predicted octanol–water partition coefficient (Wildman–Crippen LogP) is 12.5. The Hall–Kier alpha value is -6.13. The van der Waals surface area contributed by atoms with Crippen molar-refractivity contribution in [2.24, 2.45) is 10.9 Å². The molecule has 0 fully saturated rings. The fourth-order valence-corrected chi connectivity index (χ4v) is 8.10. The summed E-state index contributed by atoms with van der Waals surface area (Å²) in [7, 11) is 0. The van der Waals surface area contributed by atoms with Crippen LogP contribution >= 0.6 is 0 Å². The zero-order valence-corrected chi connectivity index (χ0v) is 27.0. The van der Waals surface area contributed by atoms with Crippen LogP contribution in [0.4, 0.5) is 22.7 Å². The van der Waals surface area contributed by atoms with E-state index in [2.05, 4.69) is 133 Å². The molecule has 0 aromatic heterocycles. The van der Waals surface area contributed by atoms with Gasteiger partial charge in [-0.15, -0.1) is 0 Å². The van der Waals surface area contributed by atoms with Crippen LogP contribution in [0, 0.1) is 5.92 Å². The quantitative estimate of drug-likeness (QED) is 0.194. The highest BCUT2D eigenvalue weighted by atomic mass is 16.5. The van der Waals surface area contributed by atoms with Crippen molar-refractivity contribution in [2.45, 2.75) is 19.3 Å². The molecule has 7 aromatic rings. The minimum absolute atomic E-state index is 0.196. The van der Waals surface area contributed by atoms with Crippen LogP contribution in [0.15, 0.2) is 157 Å². The molecule has 7 aromatic carbocycles. The van der Waals surface area contributed by atoms with E-state index in [-0.39, 0.29) is 11.8 Å². The van der Waals surface area contributed by atoms with E-state index in [0.717, 1.165) is 74.6 Å². The average molecular weight is 633 g/mol. The normalized spacial score (nSPS) is 16.8. The predicted molar refractivity (Wildman–Crippen MR) is 199 cm³/mol. The van der Waals surface area contributed by atoms with E-state index in [1.165, 1.54) is 21.9 Å². The molecule has 0 aliphatic carbocycles. The van der Waals surface area contributed by atoms with Crippen molar-refractivity contribution in [3.8, 4) is 34.1 Å². The molecule has 0 spiro atoms. The van der Waals surface area contributed by atoms with Gasteiger partial charge in [-0.3, -0.25) is 9.89 Å². The molecule has 0 bridgehead atoms. The van der Waals surface area contributed by atoms with Gasteiger partial charge in [-0.05, 0) is 70.5 Å². The van der Waals surface area contributed by atoms with Gasteiger partial charge in [0.05, 0.1) is 22.8 Å². The molecule has 3 aliphatic heterocycles. The summed E-state index contributed by atoms with van der Waals surface area (Å²) in [5.41, 5.74) is 11.0. The van der Waals surface area contributed by atoms with E-state index in [0.29, 0.717) is 0 Å². The molecular weight excluding hydrogens is 601 g/mol. The molecular formula is C45H32N2O2. The number of para-hydroxylation sites is 4. The van der Waals surface area contributed by atoms with Gasteiger partial charge in [0.25, 0.3) is 0 Å². The number of rotatable bonds is 4. The molecule has 0 saturated carbocycles. The molecule has 3 aliphatic rings. The van der Waals surface area contributed by atoms with Gasteiger partial charge < -0.3 is 9.47 Å². The van der Waals surface area contributed by atoms with Gasteiger partial charge in [0, 0.05) is 22.8 Å². The highest BCUT2D eigenvalue weighted by molar-refractivity contribution is 6.10. The van der Waals surface area contributed by atoms with Gasteiger partial charge >= 0.3 is 0 Å². The summed E-state index contributed by atoms with van der Waals surface area (Å²) < 4.78 is 13.1. The second-order valence-corrected chi connectivity index (χ2v) is 13.0. The van der Waals surface area contributed by atoms with Crippen molar-refractivity contribution in [2.75, 3.05) is 4.90 Å². The monoisotopic (exact) mass is 632 g/mol. The average Bonchev–Trinajstić information content (AvgIpc) is 3.17. The van der Waals surface area contributed by atoms with E-state index in [1.54, 1.807) is 0 Å². The van der Waals surface area contributed by atoms with Crippen LogP contribution in [-0.4, -0.2) is 5.71 Å². The highest BCUT2D eigenvalue weighted by Crippen LogP contribution is 2.61. The van der Waals surface area contributed by atoms with Gasteiger partial charge in [0.15, 0.2) is 23.0 Å². The number of hydrogen-bond donors (Lipinski definition) is 0. The summed E-state index contributed by atoms with van der Waals surface area (Å²) in [4.78, 5) is 7.83. The topological polar surface area (TPSA) is 34.1 Å². The van der Waals surface area contributed by atoms with Crippen molar-refractivity contribution in [3.63, 3.8) is 0 Å². The second-order valence-electron chi connectivity index (χ2n) is 13.0. The number of ether oxygens (including phenoxy) is 2. The molecule has 4 nitrogen and oxygen atoms in total. The first-order chi connectivity index (χ1) is 24.3. The first-order valence-corrected chi connectivity index (χ1v) is 17.0. The molecule has 10 rings (SSSR count). The van der Waals surface area contributed by atoms with Gasteiger partial charge in [0.2, 0.25) is 0 Å². The summed E-state index contributed by atoms with van der Waals surface area (Å²) in [6.45, 7) is 2.29. The van der Waals surface area contributed by atoms with Crippen molar-refractivity contribution >= 4 is 39.2 Å². The van der Waals surface area contributed by atoms with E-state index in [9.17, 15) is 0 Å². The highest BCUT2D eigenvalue weighted by Gasteiger charge is 2.37. The number of fused-ring (bicyclic) bond motifs is 7. The van der Waals surface area contributed by atoms with Crippen molar-refractivity contribution in [1.82, 2.24) is 0 Å². The Bertz CT molecular complexity index is 2470. The molecule has 0 saturated heterocycles. The van der Waals surface area contributed by atoms with Gasteiger partial charge in [-0.25, -0.2) is 0 Å². The van der Waals surface area contributed by atoms with Gasteiger partial charge in [-0.2, -0.15) is 0 Å². The molecule has 49 heavy (non-hydrogen) atoms. The lowest BCUT2D eigenvalue weighted by molar-refractivity contribution is 0.447. The Morgan fingerprint density at radius 3 is 2.22 bits per heavy atom. The summed E-state index contributed by atoms with van der Waals surface area (Å²) in [6.07, 6.45) is 0.967. The minimum atomic E-state index is 0.196. The molecule has 0 N–H and O–H groups in total. The molecule has 4 heteroatoms. The number of hydrogen-bond acceptors (Lipinski definition) is 4. The van der Waals surface area contributed by atoms with Crippen LogP contribution in [0.1, 0.15) is 36.0 Å². The largest absolute Gasteiger partial charge is 0.453 e. The van der Waals surface area contributed by atoms with Crippen LogP contribution in [0.3, 0.4) is 0 Å². The SMILES string of the molecule is CCC1C(c2cccc(-c3cccc4c3Oc3cccc5c3N4c3ccccc3O5)c2)=Nc2c(ccc3ccccc23)C1c1ccccc1. The van der Waals surface area contributed by atoms with Crippen LogP contribution in [0.25, 0.3) is 21.9 Å². The second kappa shape index (κ2) is 11.0. The molecule has 0 radical (unpaired) electrons. The van der Waals surface area contributed by atoms with Crippen molar-refractivity contribution < 1.29 is 9.47 Å². The Morgan fingerprint density at radius 2 is 1.33 bits per heavy atom. The lowest BCUT2D eigenvalue weighted by Gasteiger charge is -2.38. The lowest BCUT2D eigenvalue weighted by atomic mass is 9.72. The molecule has 3 heterocycles. The van der Waals surface area contributed by atoms with E-state index in [4.69, 9.17) is 14.5 Å². The Kier molecular flexibility index (Phi) is 6.25. The molecule has 0 amide bonds. The van der Waals surface area contributed by atoms with Crippen molar-refractivity contribution in [3.05, 3.63) is 168 Å². The van der Waals surface area contributed by atoms with Crippen LogP contribution < -0.4 is 14.4 Å². The summed E-state index contributed by atoms with van der Waals surface area (Å²) in [5, 5.41) is 2.40. The Morgan fingerprint density at radius 1 is 0.612 bits per heavy atom. The summed E-state index contributed by atoms with van der Waals surface area (Å²) >= 11 is 0. The van der Waals surface area contributed by atoms with Crippen LogP contribution in [0.2, 0.25) is 0 Å². The molecule has 234 valence electrons. The maximum absolute atomic E-state index is 6.77. The number of aliphatic imine (C=N–C) groups is 1. The number of anilines is 3. The zero-order chi connectivity index (χ0) is 32.5. The van der Waals surface area contributed by atoms with E-state index >= 15 is 0 Å². The third-order valence-electron chi connectivity index (χ3n) is 10.3. The Labute approximate surface area is 285 Å². The van der Waals surface area contributed by atoms with Gasteiger partial charge in [-0.1, -0.05) is 122 Å². The summed E-state index contributed by atoms with van der Waals surface area (Å²) in [6, 6.07) is 53.6. The maximum atomic E-state index is 6.77. The zero-order valence-electron chi connectivity index (χ0n) is 27.0. The number of benzene rings is 7. The molecule has 2 unspecified atom stereocenters. The van der Waals surface area contributed by atoms with Gasteiger partial charge in [0.1, 0.15) is 5.69 Å². The fourth-order valence-electron chi connectivity index (χ4n) is 8.10. The third-order valence-corrected chi connectivity index (χ3v) is 10.3. The van der Waals surface area contributed by atoms with E-state index < -0.39 is 0 Å². The first kappa shape index (κ1) is 27.9. The minimum Gasteiger partial charge on any atom is -0.453 e. The van der Waals surface area contributed by atoms with Crippen molar-refractivity contribution in [1.29, 1.82) is 0 Å². The summed E-state index contributed by atoms with van der Waals surface area (Å²) in [5.74, 6) is 3.63. The first-order valence-electron chi connectivity index (χ1n) is 17.0. The number of nitrogens with zero attached hydrogens (tertiary/aromatic N) is 2. The lowest BCUT2D eigenvalue weighted by Crippen LogP contribution is -2.27. The Balaban J connectivity index is 1.14. The van der Waals surface area contributed by atoms with E-state index in [1.807, 2.05) is 30.3 Å². The van der Waals surface area contributed by atoms with Crippen LogP contribution in [0.5, 0.6) is 23.0 Å². The smallest absolute Gasteiger partial charge is 0.159 e. The third kappa shape index (κ3) is 4.27. The maximum Gasteiger partial charge on any atom is 0.159 e. The van der Waals surface area contributed by atoms with Crippen LogP contribution in [-0.2, 0) is 0 Å². The fraction of sp³-hybridized carbons (Fsp3) is 0.0889. The standard InChI is InChI=1S/C45H32N2O2/c1-2-32-41(29-14-4-3-5-15-29)35-26-25-28-13-6-7-18-33(28)43(35)46-42(32)31-17-10-16-30(27-31)34-19-11-21-37-45(34)49-40-24-12-23-39-44(40)47(37)36-20-8-9-22-38(36)48-39/h3-27,32,41H,2H2,1H3.